The van der Waals surface area contributed by atoms with E-state index in [9.17, 15) is 10.1 Å². The number of pyridine rings is 1. The van der Waals surface area contributed by atoms with Gasteiger partial charge in [-0.25, -0.2) is 0 Å². The number of hydrogen-bond acceptors (Lipinski definition) is 6. The Hall–Kier alpha value is -1.67. The monoisotopic (exact) mass is 280 g/mol. The summed E-state index contributed by atoms with van der Waals surface area (Å²) < 4.78 is 16.9. The van der Waals surface area contributed by atoms with Crippen molar-refractivity contribution in [3.05, 3.63) is 22.2 Å². The number of rotatable bonds is 3. The first-order valence-electron chi connectivity index (χ1n) is 6.23. The van der Waals surface area contributed by atoms with E-state index in [-0.39, 0.29) is 11.4 Å². The summed E-state index contributed by atoms with van der Waals surface area (Å²) in [5, 5.41) is 10.8. The number of ether oxygens (including phenoxy) is 1. The summed E-state index contributed by atoms with van der Waals surface area (Å²) in [6.07, 6.45) is 0. The van der Waals surface area contributed by atoms with Crippen LogP contribution in [0.3, 0.4) is 0 Å². The van der Waals surface area contributed by atoms with Crippen LogP contribution in [0.15, 0.2) is 12.1 Å². The Morgan fingerprint density at radius 1 is 1.25 bits per heavy atom. The molecule has 0 spiro atoms. The lowest BCUT2D eigenvalue weighted by molar-refractivity contribution is -0.389. The second-order valence-corrected chi connectivity index (χ2v) is 5.60. The molecule has 1 aromatic rings. The molecule has 0 unspecified atom stereocenters. The average Bonchev–Trinajstić information content (AvgIpc) is 2.57. The minimum Gasteiger partial charge on any atom is -0.493 e. The second-order valence-electron chi connectivity index (χ2n) is 5.60. The molecule has 0 radical (unpaired) electrons. The van der Waals surface area contributed by atoms with Crippen LogP contribution in [0.4, 0.5) is 5.82 Å². The zero-order valence-corrected chi connectivity index (χ0v) is 12.2. The Morgan fingerprint density at radius 2 is 1.80 bits per heavy atom. The molecule has 0 amide bonds. The van der Waals surface area contributed by atoms with E-state index in [0.29, 0.717) is 5.75 Å². The smallest absolute Gasteiger partial charge is 0.493 e. The van der Waals surface area contributed by atoms with Gasteiger partial charge in [-0.1, -0.05) is 0 Å². The Bertz CT molecular complexity index is 531. The molecule has 0 aromatic carbocycles. The van der Waals surface area contributed by atoms with Gasteiger partial charge in [-0.2, -0.15) is 0 Å². The molecular formula is C12H17BN2O5. The molecule has 8 heteroatoms. The molecule has 0 saturated carbocycles. The molecule has 0 bridgehead atoms. The SMILES string of the molecule is COc1ccc([N+](=O)[O-])nc1B1OC(C)(C)C(C)(C)O1. The van der Waals surface area contributed by atoms with E-state index in [1.165, 1.54) is 19.2 Å². The van der Waals surface area contributed by atoms with E-state index in [1.807, 2.05) is 27.7 Å². The van der Waals surface area contributed by atoms with E-state index in [2.05, 4.69) is 4.98 Å². The van der Waals surface area contributed by atoms with Gasteiger partial charge in [0.2, 0.25) is 5.59 Å². The number of nitro groups is 1. The summed E-state index contributed by atoms with van der Waals surface area (Å²) in [6, 6.07) is 2.78. The molecule has 2 rings (SSSR count). The van der Waals surface area contributed by atoms with Crippen LogP contribution in [-0.2, 0) is 9.31 Å². The summed E-state index contributed by atoms with van der Waals surface area (Å²) in [5.41, 5.74) is -0.815. The van der Waals surface area contributed by atoms with Crippen molar-refractivity contribution in [1.29, 1.82) is 0 Å². The van der Waals surface area contributed by atoms with Gasteiger partial charge in [-0.15, -0.1) is 0 Å². The summed E-state index contributed by atoms with van der Waals surface area (Å²) in [7, 11) is 0.673. The molecule has 108 valence electrons. The maximum absolute atomic E-state index is 10.8. The summed E-state index contributed by atoms with van der Waals surface area (Å²) >= 11 is 0. The van der Waals surface area contributed by atoms with Crippen LogP contribution in [0.1, 0.15) is 27.7 Å². The molecule has 7 nitrogen and oxygen atoms in total. The molecule has 1 aliphatic rings. The summed E-state index contributed by atoms with van der Waals surface area (Å²) in [5.74, 6) is 0.129. The zero-order valence-electron chi connectivity index (χ0n) is 12.2. The van der Waals surface area contributed by atoms with Crippen LogP contribution < -0.4 is 10.3 Å². The van der Waals surface area contributed by atoms with Crippen molar-refractivity contribution in [2.75, 3.05) is 7.11 Å². The van der Waals surface area contributed by atoms with Crippen molar-refractivity contribution in [3.63, 3.8) is 0 Å². The Morgan fingerprint density at radius 3 is 2.25 bits per heavy atom. The Balaban J connectivity index is 2.43. The largest absolute Gasteiger partial charge is 0.547 e. The fourth-order valence-electron chi connectivity index (χ4n) is 1.85. The number of hydrogen-bond donors (Lipinski definition) is 0. The molecule has 0 N–H and O–H groups in total. The van der Waals surface area contributed by atoms with E-state index < -0.39 is 23.2 Å². The second kappa shape index (κ2) is 4.71. The minimum atomic E-state index is -0.796. The minimum absolute atomic E-state index is 0.268. The molecular weight excluding hydrogens is 263 g/mol. The first-order valence-corrected chi connectivity index (χ1v) is 6.23. The molecule has 1 aliphatic heterocycles. The van der Waals surface area contributed by atoms with Crippen molar-refractivity contribution in [3.8, 4) is 5.75 Å². The number of nitrogens with zero attached hydrogens (tertiary/aromatic N) is 2. The highest BCUT2D eigenvalue weighted by atomic mass is 16.7. The van der Waals surface area contributed by atoms with E-state index in [1.54, 1.807) is 0 Å². The fraction of sp³-hybridized carbons (Fsp3) is 0.583. The predicted molar refractivity (Wildman–Crippen MR) is 73.2 cm³/mol. The molecule has 20 heavy (non-hydrogen) atoms. The highest BCUT2D eigenvalue weighted by molar-refractivity contribution is 6.62. The number of methoxy groups -OCH3 is 1. The Labute approximate surface area is 117 Å². The summed E-state index contributed by atoms with van der Waals surface area (Å²) in [6.45, 7) is 7.60. The first-order chi connectivity index (χ1) is 9.18. The molecule has 1 saturated heterocycles. The maximum Gasteiger partial charge on any atom is 0.547 e. The van der Waals surface area contributed by atoms with Crippen molar-refractivity contribution >= 4 is 18.5 Å². The average molecular weight is 280 g/mol. The van der Waals surface area contributed by atoms with Crippen LogP contribution in [0.25, 0.3) is 0 Å². The van der Waals surface area contributed by atoms with Crippen molar-refractivity contribution in [2.24, 2.45) is 0 Å². The molecule has 0 aliphatic carbocycles. The van der Waals surface area contributed by atoms with Gasteiger partial charge in [0, 0.05) is 6.07 Å². The van der Waals surface area contributed by atoms with Crippen LogP contribution in [0.5, 0.6) is 5.75 Å². The quantitative estimate of drug-likeness (QED) is 0.471. The highest BCUT2D eigenvalue weighted by Gasteiger charge is 2.55. The predicted octanol–water partition coefficient (Wildman–Crippen LogP) is 1.30. The molecule has 1 aromatic heterocycles. The highest BCUT2D eigenvalue weighted by Crippen LogP contribution is 2.37. The van der Waals surface area contributed by atoms with Crippen LogP contribution >= 0.6 is 0 Å². The lowest BCUT2D eigenvalue weighted by Crippen LogP contribution is -2.41. The van der Waals surface area contributed by atoms with E-state index in [0.717, 1.165) is 0 Å². The standard InChI is InChI=1S/C12H17BN2O5/c1-11(2)12(3,4)20-13(19-11)10-8(18-5)6-7-9(14-10)15(16)17/h6-7H,1-5H3. The fourth-order valence-corrected chi connectivity index (χ4v) is 1.85. The van der Waals surface area contributed by atoms with Gasteiger partial charge in [0.1, 0.15) is 0 Å². The van der Waals surface area contributed by atoms with E-state index >= 15 is 0 Å². The van der Waals surface area contributed by atoms with E-state index in [4.69, 9.17) is 14.0 Å². The summed E-state index contributed by atoms with van der Waals surface area (Å²) in [4.78, 5) is 14.3. The van der Waals surface area contributed by atoms with Crippen LogP contribution in [0.2, 0.25) is 0 Å². The first kappa shape index (κ1) is 14.7. The maximum atomic E-state index is 10.8. The molecule has 2 heterocycles. The third-order valence-electron chi connectivity index (χ3n) is 3.75. The van der Waals surface area contributed by atoms with Crippen molar-refractivity contribution in [1.82, 2.24) is 4.98 Å². The van der Waals surface area contributed by atoms with Crippen molar-refractivity contribution in [2.45, 2.75) is 38.9 Å². The molecule has 0 atom stereocenters. The van der Waals surface area contributed by atoms with Gasteiger partial charge >= 0.3 is 12.9 Å². The van der Waals surface area contributed by atoms with Gasteiger partial charge in [-0.05, 0) is 43.7 Å². The van der Waals surface area contributed by atoms with Crippen LogP contribution in [-0.4, -0.2) is 35.3 Å². The van der Waals surface area contributed by atoms with Gasteiger partial charge in [0.15, 0.2) is 5.75 Å². The topological polar surface area (TPSA) is 83.7 Å². The lowest BCUT2D eigenvalue weighted by atomic mass is 9.83. The number of aromatic nitrogens is 1. The van der Waals surface area contributed by atoms with Crippen LogP contribution in [0, 0.1) is 10.1 Å². The zero-order chi connectivity index (χ0) is 15.1. The Kier molecular flexibility index (Phi) is 3.47. The van der Waals surface area contributed by atoms with Crippen molar-refractivity contribution < 1.29 is 19.0 Å². The third-order valence-corrected chi connectivity index (χ3v) is 3.75. The molecule has 1 fully saturated rings. The normalized spacial score (nSPS) is 19.9. The lowest BCUT2D eigenvalue weighted by Gasteiger charge is -2.32. The van der Waals surface area contributed by atoms with Gasteiger partial charge in [0.05, 0.1) is 18.3 Å². The van der Waals surface area contributed by atoms with Gasteiger partial charge < -0.3 is 24.2 Å². The van der Waals surface area contributed by atoms with Gasteiger partial charge in [0.25, 0.3) is 0 Å². The van der Waals surface area contributed by atoms with Gasteiger partial charge in [-0.3, -0.25) is 0 Å². The third kappa shape index (κ3) is 2.36.